The summed E-state index contributed by atoms with van der Waals surface area (Å²) in [5.41, 5.74) is 1.18. The zero-order valence-corrected chi connectivity index (χ0v) is 14.8. The molecule has 0 unspecified atom stereocenters. The van der Waals surface area contributed by atoms with Gasteiger partial charge in [-0.2, -0.15) is 8.78 Å². The first-order valence-corrected chi connectivity index (χ1v) is 8.57. The molecule has 1 amide bonds. The smallest absolute Gasteiger partial charge is 0.387 e. The standard InChI is InChI=1S/C19H16F3N3O3/c1-27-14-6-10(13-9-23-16-8-11(20)4-5-25(13)16)7-15(28-19(21)22)17(14)18(26)24-12-2-3-12/h4-9,12,19H,2-3H2,1H3,(H,24,26). The molecule has 9 heteroatoms. The first-order valence-electron chi connectivity index (χ1n) is 8.57. The number of halogens is 3. The summed E-state index contributed by atoms with van der Waals surface area (Å²) in [5.74, 6) is -1.21. The Balaban J connectivity index is 1.84. The minimum atomic E-state index is -3.12. The predicted octanol–water partition coefficient (Wildman–Crippen LogP) is 3.64. The van der Waals surface area contributed by atoms with Gasteiger partial charge >= 0.3 is 6.61 Å². The summed E-state index contributed by atoms with van der Waals surface area (Å²) in [5, 5.41) is 2.75. The fourth-order valence-electron chi connectivity index (χ4n) is 2.97. The van der Waals surface area contributed by atoms with Crippen LogP contribution in [-0.4, -0.2) is 35.1 Å². The highest BCUT2D eigenvalue weighted by Crippen LogP contribution is 2.37. The molecule has 146 valence electrons. The maximum atomic E-state index is 13.4. The molecule has 4 rings (SSSR count). The van der Waals surface area contributed by atoms with Gasteiger partial charge in [-0.25, -0.2) is 9.37 Å². The highest BCUT2D eigenvalue weighted by Gasteiger charge is 2.29. The number of aromatic nitrogens is 2. The van der Waals surface area contributed by atoms with E-state index < -0.39 is 18.3 Å². The molecule has 2 aromatic heterocycles. The number of carbonyl (C=O) groups is 1. The summed E-state index contributed by atoms with van der Waals surface area (Å²) in [4.78, 5) is 16.7. The lowest BCUT2D eigenvalue weighted by molar-refractivity contribution is -0.0502. The molecular formula is C19H16F3N3O3. The molecule has 3 aromatic rings. The van der Waals surface area contributed by atoms with Gasteiger partial charge in [0.05, 0.1) is 19.0 Å². The van der Waals surface area contributed by atoms with Gasteiger partial charge in [0.15, 0.2) is 0 Å². The molecule has 0 atom stereocenters. The lowest BCUT2D eigenvalue weighted by atomic mass is 10.1. The second-order valence-electron chi connectivity index (χ2n) is 6.39. The third-order valence-electron chi connectivity index (χ3n) is 4.41. The van der Waals surface area contributed by atoms with E-state index >= 15 is 0 Å². The minimum Gasteiger partial charge on any atom is -0.496 e. The first-order chi connectivity index (χ1) is 13.5. The topological polar surface area (TPSA) is 64.9 Å². The first kappa shape index (κ1) is 18.1. The number of rotatable bonds is 6. The molecule has 1 aromatic carbocycles. The van der Waals surface area contributed by atoms with Gasteiger partial charge in [0.1, 0.15) is 28.5 Å². The van der Waals surface area contributed by atoms with Crippen LogP contribution in [0.1, 0.15) is 23.2 Å². The third kappa shape index (κ3) is 3.47. The van der Waals surface area contributed by atoms with Gasteiger partial charge in [-0.3, -0.25) is 9.20 Å². The summed E-state index contributed by atoms with van der Waals surface area (Å²) >= 11 is 0. The van der Waals surface area contributed by atoms with E-state index in [1.165, 1.54) is 43.8 Å². The van der Waals surface area contributed by atoms with Crippen LogP contribution in [0.25, 0.3) is 16.9 Å². The SMILES string of the molecule is COc1cc(-c2cnc3cc(F)ccn23)cc(OC(F)F)c1C(=O)NC1CC1. The Hall–Kier alpha value is -3.23. The van der Waals surface area contributed by atoms with Crippen molar-refractivity contribution in [2.45, 2.75) is 25.5 Å². The number of hydrogen-bond donors (Lipinski definition) is 1. The highest BCUT2D eigenvalue weighted by molar-refractivity contribution is 6.01. The van der Waals surface area contributed by atoms with E-state index in [9.17, 15) is 18.0 Å². The van der Waals surface area contributed by atoms with Gasteiger partial charge in [-0.1, -0.05) is 0 Å². The molecule has 0 radical (unpaired) electrons. The lowest BCUT2D eigenvalue weighted by Crippen LogP contribution is -2.26. The van der Waals surface area contributed by atoms with Gasteiger partial charge < -0.3 is 14.8 Å². The quantitative estimate of drug-likeness (QED) is 0.697. The number of methoxy groups -OCH3 is 1. The molecule has 1 fully saturated rings. The summed E-state index contributed by atoms with van der Waals surface area (Å²) in [7, 11) is 1.34. The van der Waals surface area contributed by atoms with Crippen LogP contribution >= 0.6 is 0 Å². The Kier molecular flexibility index (Phi) is 4.58. The van der Waals surface area contributed by atoms with Crippen molar-refractivity contribution in [3.63, 3.8) is 0 Å². The molecule has 0 spiro atoms. The molecule has 1 N–H and O–H groups in total. The summed E-state index contributed by atoms with van der Waals surface area (Å²) < 4.78 is 50.9. The van der Waals surface area contributed by atoms with Crippen LogP contribution in [0.5, 0.6) is 11.5 Å². The van der Waals surface area contributed by atoms with Gasteiger partial charge in [0.25, 0.3) is 5.91 Å². The predicted molar refractivity (Wildman–Crippen MR) is 94.3 cm³/mol. The summed E-state index contributed by atoms with van der Waals surface area (Å²) in [6.45, 7) is -3.12. The second-order valence-corrected chi connectivity index (χ2v) is 6.39. The van der Waals surface area contributed by atoms with Crippen molar-refractivity contribution in [2.24, 2.45) is 0 Å². The molecule has 6 nitrogen and oxygen atoms in total. The van der Waals surface area contributed by atoms with E-state index in [0.29, 0.717) is 16.9 Å². The van der Waals surface area contributed by atoms with Crippen LogP contribution in [0.2, 0.25) is 0 Å². The summed E-state index contributed by atoms with van der Waals surface area (Å²) in [6, 6.07) is 5.39. The van der Waals surface area contributed by atoms with E-state index in [1.54, 1.807) is 4.40 Å². The molecule has 1 aliphatic rings. The third-order valence-corrected chi connectivity index (χ3v) is 4.41. The van der Waals surface area contributed by atoms with Crippen LogP contribution in [0.15, 0.2) is 36.7 Å². The number of pyridine rings is 1. The van der Waals surface area contributed by atoms with Crippen molar-refractivity contribution in [3.05, 3.63) is 48.0 Å². The van der Waals surface area contributed by atoms with Gasteiger partial charge in [0.2, 0.25) is 0 Å². The number of hydrogen-bond acceptors (Lipinski definition) is 4. The van der Waals surface area contributed by atoms with Crippen LogP contribution in [0.4, 0.5) is 13.2 Å². The Morgan fingerprint density at radius 3 is 2.71 bits per heavy atom. The number of benzene rings is 1. The van der Waals surface area contributed by atoms with Crippen LogP contribution in [-0.2, 0) is 0 Å². The number of amides is 1. The Morgan fingerprint density at radius 2 is 2.04 bits per heavy atom. The Labute approximate surface area is 157 Å². The van der Waals surface area contributed by atoms with E-state index in [0.717, 1.165) is 12.8 Å². The van der Waals surface area contributed by atoms with Crippen LogP contribution in [0, 0.1) is 5.82 Å². The average Bonchev–Trinajstić information content (AvgIpc) is 3.36. The zero-order chi connectivity index (χ0) is 19.8. The van der Waals surface area contributed by atoms with E-state index in [4.69, 9.17) is 4.74 Å². The van der Waals surface area contributed by atoms with Crippen molar-refractivity contribution in [2.75, 3.05) is 7.11 Å². The number of fused-ring (bicyclic) bond motifs is 1. The van der Waals surface area contributed by atoms with Crippen LogP contribution in [0.3, 0.4) is 0 Å². The van der Waals surface area contributed by atoms with E-state index in [-0.39, 0.29) is 23.1 Å². The number of alkyl halides is 2. The molecule has 0 bridgehead atoms. The zero-order valence-electron chi connectivity index (χ0n) is 14.8. The van der Waals surface area contributed by atoms with E-state index in [1.807, 2.05) is 0 Å². The Morgan fingerprint density at radius 1 is 1.29 bits per heavy atom. The summed E-state index contributed by atoms with van der Waals surface area (Å²) in [6.07, 6.45) is 4.63. The molecule has 2 heterocycles. The second kappa shape index (κ2) is 7.06. The van der Waals surface area contributed by atoms with Crippen molar-refractivity contribution in [1.29, 1.82) is 0 Å². The van der Waals surface area contributed by atoms with Gasteiger partial charge in [-0.05, 0) is 31.0 Å². The largest absolute Gasteiger partial charge is 0.496 e. The number of nitrogens with zero attached hydrogens (tertiary/aromatic N) is 2. The number of imidazole rings is 1. The molecule has 0 aliphatic heterocycles. The minimum absolute atomic E-state index is 0.0324. The number of carbonyl (C=O) groups excluding carboxylic acids is 1. The molecule has 0 saturated heterocycles. The molecular weight excluding hydrogens is 375 g/mol. The maximum absolute atomic E-state index is 13.4. The Bertz CT molecular complexity index is 1050. The molecule has 1 aliphatic carbocycles. The lowest BCUT2D eigenvalue weighted by Gasteiger charge is -2.16. The number of ether oxygens (including phenoxy) is 2. The average molecular weight is 391 g/mol. The van der Waals surface area contributed by atoms with Gasteiger partial charge in [-0.15, -0.1) is 0 Å². The van der Waals surface area contributed by atoms with Gasteiger partial charge in [0, 0.05) is 23.9 Å². The fraction of sp³-hybridized carbons (Fsp3) is 0.263. The van der Waals surface area contributed by atoms with Crippen molar-refractivity contribution < 1.29 is 27.4 Å². The van der Waals surface area contributed by atoms with Crippen molar-refractivity contribution >= 4 is 11.6 Å². The molecule has 28 heavy (non-hydrogen) atoms. The monoisotopic (exact) mass is 391 g/mol. The normalized spacial score (nSPS) is 13.8. The maximum Gasteiger partial charge on any atom is 0.387 e. The van der Waals surface area contributed by atoms with Crippen molar-refractivity contribution in [1.82, 2.24) is 14.7 Å². The highest BCUT2D eigenvalue weighted by atomic mass is 19.3. The van der Waals surface area contributed by atoms with Crippen LogP contribution < -0.4 is 14.8 Å². The van der Waals surface area contributed by atoms with E-state index in [2.05, 4.69) is 15.0 Å². The van der Waals surface area contributed by atoms with Crippen molar-refractivity contribution in [3.8, 4) is 22.8 Å². The number of nitrogens with one attached hydrogen (secondary N) is 1. The fourth-order valence-corrected chi connectivity index (χ4v) is 2.97. The molecule has 1 saturated carbocycles.